The van der Waals surface area contributed by atoms with Crippen LogP contribution in [0.5, 0.6) is 0 Å². The van der Waals surface area contributed by atoms with Crippen molar-refractivity contribution < 1.29 is 4.79 Å². The topological polar surface area (TPSA) is 20.3 Å². The second-order valence-electron chi connectivity index (χ2n) is 4.96. The monoisotopic (exact) mass is 287 g/mol. The summed E-state index contributed by atoms with van der Waals surface area (Å²) < 4.78 is 0. The fraction of sp³-hybridized carbons (Fsp3) is 0.235. The lowest BCUT2D eigenvalue weighted by molar-refractivity contribution is 0.0986. The highest BCUT2D eigenvalue weighted by Gasteiger charge is 2.17. The molecule has 2 nitrogen and oxygen atoms in total. The summed E-state index contributed by atoms with van der Waals surface area (Å²) in [5, 5.41) is -0.525. The zero-order valence-electron chi connectivity index (χ0n) is 11.7. The van der Waals surface area contributed by atoms with Gasteiger partial charge in [-0.3, -0.25) is 4.79 Å². The van der Waals surface area contributed by atoms with Crippen LogP contribution >= 0.6 is 11.6 Å². The lowest BCUT2D eigenvalue weighted by Gasteiger charge is -2.13. The lowest BCUT2D eigenvalue weighted by Crippen LogP contribution is -2.17. The molecule has 0 aliphatic carbocycles. The Morgan fingerprint density at radius 1 is 1.05 bits per heavy atom. The van der Waals surface area contributed by atoms with Crippen LogP contribution in [0.25, 0.3) is 0 Å². The van der Waals surface area contributed by atoms with Crippen LogP contribution in [0.15, 0.2) is 54.6 Å². The lowest BCUT2D eigenvalue weighted by atomic mass is 10.0. The molecule has 0 aromatic heterocycles. The highest BCUT2D eigenvalue weighted by atomic mass is 35.5. The van der Waals surface area contributed by atoms with E-state index in [-0.39, 0.29) is 5.78 Å². The first kappa shape index (κ1) is 14.6. The highest BCUT2D eigenvalue weighted by Crippen LogP contribution is 2.17. The number of Topliss-reactive ketones (excluding diaryl/α,β-unsaturated/α-hetero) is 1. The summed E-state index contributed by atoms with van der Waals surface area (Å²) in [6.07, 6.45) is 0.545. The number of hydrogen-bond donors (Lipinski definition) is 0. The average molecular weight is 288 g/mol. The molecule has 104 valence electrons. The van der Waals surface area contributed by atoms with E-state index in [0.29, 0.717) is 12.0 Å². The van der Waals surface area contributed by atoms with Crippen LogP contribution < -0.4 is 4.90 Å². The molecule has 0 aliphatic heterocycles. The molecule has 0 amide bonds. The predicted octanol–water partition coefficient (Wildman–Crippen LogP) is 3.79. The Morgan fingerprint density at radius 3 is 2.20 bits per heavy atom. The third-order valence-electron chi connectivity index (χ3n) is 3.21. The zero-order chi connectivity index (χ0) is 14.5. The Labute approximate surface area is 125 Å². The van der Waals surface area contributed by atoms with Crippen LogP contribution in [0, 0.1) is 0 Å². The molecule has 0 radical (unpaired) electrons. The van der Waals surface area contributed by atoms with E-state index >= 15 is 0 Å². The van der Waals surface area contributed by atoms with E-state index in [0.717, 1.165) is 11.3 Å². The highest BCUT2D eigenvalue weighted by molar-refractivity contribution is 6.34. The molecule has 0 spiro atoms. The third-order valence-corrected chi connectivity index (χ3v) is 3.56. The first-order valence-corrected chi connectivity index (χ1v) is 7.01. The summed E-state index contributed by atoms with van der Waals surface area (Å²) in [5.74, 6) is -0.0241. The Balaban J connectivity index is 2.04. The van der Waals surface area contributed by atoms with Crippen molar-refractivity contribution in [3.63, 3.8) is 0 Å². The normalized spacial score (nSPS) is 11.9. The number of hydrogen-bond acceptors (Lipinski definition) is 2. The number of anilines is 1. The number of ketones is 1. The maximum atomic E-state index is 12.2. The summed E-state index contributed by atoms with van der Waals surface area (Å²) in [6, 6.07) is 17.3. The van der Waals surface area contributed by atoms with Gasteiger partial charge in [-0.1, -0.05) is 42.5 Å². The van der Waals surface area contributed by atoms with Gasteiger partial charge in [-0.2, -0.15) is 0 Å². The Hall–Kier alpha value is -1.80. The van der Waals surface area contributed by atoms with Crippen molar-refractivity contribution in [1.82, 2.24) is 0 Å². The van der Waals surface area contributed by atoms with E-state index in [4.69, 9.17) is 11.6 Å². The molecular formula is C17H18ClNO. The fourth-order valence-electron chi connectivity index (χ4n) is 2.01. The SMILES string of the molecule is CN(C)c1ccc(CC(Cl)C(=O)c2ccccc2)cc1. The summed E-state index contributed by atoms with van der Waals surface area (Å²) in [7, 11) is 4.00. The molecule has 2 aromatic carbocycles. The van der Waals surface area contributed by atoms with Gasteiger partial charge in [-0.05, 0) is 24.1 Å². The minimum absolute atomic E-state index is 0.0241. The van der Waals surface area contributed by atoms with Gasteiger partial charge in [0.2, 0.25) is 0 Å². The molecule has 2 aromatic rings. The largest absolute Gasteiger partial charge is 0.378 e. The standard InChI is InChI=1S/C17H18ClNO/c1-19(2)15-10-8-13(9-11-15)12-16(18)17(20)14-6-4-3-5-7-14/h3-11,16H,12H2,1-2H3. The molecule has 0 saturated heterocycles. The molecule has 0 saturated carbocycles. The predicted molar refractivity (Wildman–Crippen MR) is 84.9 cm³/mol. The number of carbonyl (C=O) groups is 1. The van der Waals surface area contributed by atoms with Gasteiger partial charge >= 0.3 is 0 Å². The summed E-state index contributed by atoms with van der Waals surface area (Å²) in [5.41, 5.74) is 2.87. The molecule has 1 atom stereocenters. The van der Waals surface area contributed by atoms with Gasteiger partial charge < -0.3 is 4.90 Å². The van der Waals surface area contributed by atoms with Gasteiger partial charge in [0.05, 0.1) is 0 Å². The number of nitrogens with zero attached hydrogens (tertiary/aromatic N) is 1. The van der Waals surface area contributed by atoms with E-state index < -0.39 is 5.38 Å². The molecule has 20 heavy (non-hydrogen) atoms. The van der Waals surface area contributed by atoms with Crippen LogP contribution in [-0.2, 0) is 6.42 Å². The van der Waals surface area contributed by atoms with E-state index in [9.17, 15) is 4.79 Å². The second kappa shape index (κ2) is 6.58. The molecular weight excluding hydrogens is 270 g/mol. The Morgan fingerprint density at radius 2 is 1.65 bits per heavy atom. The van der Waals surface area contributed by atoms with Crippen molar-refractivity contribution in [2.24, 2.45) is 0 Å². The van der Waals surface area contributed by atoms with Crippen molar-refractivity contribution in [2.75, 3.05) is 19.0 Å². The van der Waals surface area contributed by atoms with Crippen LogP contribution in [-0.4, -0.2) is 25.3 Å². The van der Waals surface area contributed by atoms with E-state index in [1.807, 2.05) is 61.5 Å². The first-order chi connectivity index (χ1) is 9.58. The van der Waals surface area contributed by atoms with Crippen LogP contribution in [0.1, 0.15) is 15.9 Å². The minimum atomic E-state index is -0.525. The molecule has 0 fully saturated rings. The van der Waals surface area contributed by atoms with Gasteiger partial charge in [0.25, 0.3) is 0 Å². The van der Waals surface area contributed by atoms with Crippen LogP contribution in [0.2, 0.25) is 0 Å². The van der Waals surface area contributed by atoms with Crippen molar-refractivity contribution in [1.29, 1.82) is 0 Å². The zero-order valence-corrected chi connectivity index (χ0v) is 12.5. The van der Waals surface area contributed by atoms with Gasteiger partial charge in [0.1, 0.15) is 5.38 Å². The van der Waals surface area contributed by atoms with E-state index in [1.165, 1.54) is 0 Å². The minimum Gasteiger partial charge on any atom is -0.378 e. The molecule has 2 rings (SSSR count). The molecule has 1 unspecified atom stereocenters. The Kier molecular flexibility index (Phi) is 4.80. The van der Waals surface area contributed by atoms with Crippen molar-refractivity contribution in [3.8, 4) is 0 Å². The van der Waals surface area contributed by atoms with Gasteiger partial charge in [-0.25, -0.2) is 0 Å². The number of benzene rings is 2. The van der Waals surface area contributed by atoms with Gasteiger partial charge in [0.15, 0.2) is 5.78 Å². The molecule has 0 N–H and O–H groups in total. The number of carbonyl (C=O) groups excluding carboxylic acids is 1. The maximum Gasteiger partial charge on any atom is 0.180 e. The summed E-state index contributed by atoms with van der Waals surface area (Å²) in [6.45, 7) is 0. The average Bonchev–Trinajstić information content (AvgIpc) is 2.48. The second-order valence-corrected chi connectivity index (χ2v) is 5.49. The number of rotatable bonds is 5. The van der Waals surface area contributed by atoms with Gasteiger partial charge in [-0.15, -0.1) is 11.6 Å². The maximum absolute atomic E-state index is 12.2. The molecule has 3 heteroatoms. The summed E-state index contributed by atoms with van der Waals surface area (Å²) >= 11 is 6.24. The smallest absolute Gasteiger partial charge is 0.180 e. The summed E-state index contributed by atoms with van der Waals surface area (Å²) in [4.78, 5) is 14.2. The molecule has 0 aliphatic rings. The fourth-order valence-corrected chi connectivity index (χ4v) is 2.32. The van der Waals surface area contributed by atoms with Crippen molar-refractivity contribution in [2.45, 2.75) is 11.8 Å². The van der Waals surface area contributed by atoms with Crippen molar-refractivity contribution >= 4 is 23.1 Å². The number of alkyl halides is 1. The van der Waals surface area contributed by atoms with Crippen molar-refractivity contribution in [3.05, 3.63) is 65.7 Å². The first-order valence-electron chi connectivity index (χ1n) is 6.57. The van der Waals surface area contributed by atoms with E-state index in [1.54, 1.807) is 12.1 Å². The Bertz CT molecular complexity index is 563. The quantitative estimate of drug-likeness (QED) is 0.616. The van der Waals surface area contributed by atoms with Crippen LogP contribution in [0.4, 0.5) is 5.69 Å². The third kappa shape index (κ3) is 3.61. The molecule has 0 heterocycles. The van der Waals surface area contributed by atoms with E-state index in [2.05, 4.69) is 0 Å². The van der Waals surface area contributed by atoms with Gasteiger partial charge in [0, 0.05) is 25.3 Å². The number of halogens is 1. The molecule has 0 bridgehead atoms. The van der Waals surface area contributed by atoms with Crippen LogP contribution in [0.3, 0.4) is 0 Å².